The molecule has 3 N–H and O–H groups in total. The summed E-state index contributed by atoms with van der Waals surface area (Å²) in [5.41, 5.74) is 5.78. The highest BCUT2D eigenvalue weighted by atomic mass is 19.1. The number of primary amides is 1. The van der Waals surface area contributed by atoms with E-state index < -0.39 is 5.91 Å². The lowest BCUT2D eigenvalue weighted by molar-refractivity contribution is 0.00636. The fourth-order valence-electron chi connectivity index (χ4n) is 1.43. The number of amides is 1. The molecule has 0 spiro atoms. The summed E-state index contributed by atoms with van der Waals surface area (Å²) in [6, 6.07) is 4.04. The summed E-state index contributed by atoms with van der Waals surface area (Å²) in [4.78, 5) is 10.9. The van der Waals surface area contributed by atoms with Gasteiger partial charge in [0.2, 0.25) is 5.91 Å². The molecule has 86 valence electrons. The van der Waals surface area contributed by atoms with Gasteiger partial charge < -0.3 is 15.8 Å². The number of halogens is 1. The van der Waals surface area contributed by atoms with Crippen LogP contribution in [0.3, 0.4) is 0 Å². The molecule has 2 rings (SSSR count). The number of hydrogen-bond acceptors (Lipinski definition) is 3. The van der Waals surface area contributed by atoms with Crippen molar-refractivity contribution >= 4 is 5.91 Å². The molecule has 1 aromatic carbocycles. The molecule has 4 nitrogen and oxygen atoms in total. The largest absolute Gasteiger partial charge is 0.371 e. The molecule has 1 aliphatic rings. The van der Waals surface area contributed by atoms with E-state index in [0.29, 0.717) is 11.1 Å². The molecule has 1 amide bonds. The van der Waals surface area contributed by atoms with Crippen LogP contribution in [-0.2, 0) is 11.3 Å². The lowest BCUT2D eigenvalue weighted by Gasteiger charge is -2.27. The molecule has 1 aliphatic heterocycles. The van der Waals surface area contributed by atoms with Gasteiger partial charge in [0.15, 0.2) is 0 Å². The third kappa shape index (κ3) is 2.37. The Balaban J connectivity index is 2.05. The van der Waals surface area contributed by atoms with Crippen LogP contribution >= 0.6 is 0 Å². The first-order valence-corrected chi connectivity index (χ1v) is 5.07. The van der Waals surface area contributed by atoms with E-state index in [4.69, 9.17) is 10.5 Å². The molecule has 1 heterocycles. The van der Waals surface area contributed by atoms with E-state index in [1.54, 1.807) is 0 Å². The lowest BCUT2D eigenvalue weighted by atomic mass is 10.1. The Bertz CT molecular complexity index is 405. The number of carbonyl (C=O) groups is 1. The number of hydrogen-bond donors (Lipinski definition) is 2. The molecule has 0 atom stereocenters. The van der Waals surface area contributed by atoms with Crippen molar-refractivity contribution in [2.24, 2.45) is 5.73 Å². The number of rotatable bonds is 4. The van der Waals surface area contributed by atoms with Gasteiger partial charge >= 0.3 is 0 Å². The first-order valence-electron chi connectivity index (χ1n) is 5.07. The van der Waals surface area contributed by atoms with E-state index in [1.165, 1.54) is 18.2 Å². The van der Waals surface area contributed by atoms with Crippen molar-refractivity contribution in [3.05, 3.63) is 35.1 Å². The number of nitrogens with two attached hydrogens (primary N) is 1. The first kappa shape index (κ1) is 11.0. The van der Waals surface area contributed by atoms with Gasteiger partial charge in [0.05, 0.1) is 12.7 Å². The van der Waals surface area contributed by atoms with Crippen molar-refractivity contribution in [3.8, 4) is 0 Å². The van der Waals surface area contributed by atoms with Crippen LogP contribution < -0.4 is 11.1 Å². The highest BCUT2D eigenvalue weighted by molar-refractivity contribution is 5.92. The Kier molecular flexibility index (Phi) is 3.17. The van der Waals surface area contributed by atoms with Crippen molar-refractivity contribution < 1.29 is 13.9 Å². The SMILES string of the molecule is NC(=O)c1ccc(F)c(COC2CNC2)c1. The van der Waals surface area contributed by atoms with Gasteiger partial charge in [0.1, 0.15) is 5.82 Å². The minimum atomic E-state index is -0.563. The maximum Gasteiger partial charge on any atom is 0.248 e. The van der Waals surface area contributed by atoms with Gasteiger partial charge in [-0.3, -0.25) is 4.79 Å². The van der Waals surface area contributed by atoms with Gasteiger partial charge in [-0.1, -0.05) is 0 Å². The summed E-state index contributed by atoms with van der Waals surface area (Å²) in [5.74, 6) is -0.941. The monoisotopic (exact) mass is 224 g/mol. The quantitative estimate of drug-likeness (QED) is 0.778. The zero-order chi connectivity index (χ0) is 11.5. The van der Waals surface area contributed by atoms with Crippen LogP contribution in [0, 0.1) is 5.82 Å². The van der Waals surface area contributed by atoms with Crippen LogP contribution in [0.15, 0.2) is 18.2 Å². The van der Waals surface area contributed by atoms with Crippen molar-refractivity contribution in [1.82, 2.24) is 5.32 Å². The molecule has 5 heteroatoms. The smallest absolute Gasteiger partial charge is 0.248 e. The highest BCUT2D eigenvalue weighted by Crippen LogP contribution is 2.13. The van der Waals surface area contributed by atoms with Crippen molar-refractivity contribution in [1.29, 1.82) is 0 Å². The molecular weight excluding hydrogens is 211 g/mol. The van der Waals surface area contributed by atoms with E-state index in [0.717, 1.165) is 13.1 Å². The normalized spacial score (nSPS) is 15.8. The van der Waals surface area contributed by atoms with E-state index in [2.05, 4.69) is 5.32 Å². The second kappa shape index (κ2) is 4.59. The molecular formula is C11H13FN2O2. The third-order valence-corrected chi connectivity index (χ3v) is 2.55. The Labute approximate surface area is 92.6 Å². The summed E-state index contributed by atoms with van der Waals surface area (Å²) in [7, 11) is 0. The molecule has 0 saturated carbocycles. The van der Waals surface area contributed by atoms with Gasteiger partial charge in [0, 0.05) is 24.2 Å². The van der Waals surface area contributed by atoms with Gasteiger partial charge in [-0.25, -0.2) is 4.39 Å². The van der Waals surface area contributed by atoms with Crippen molar-refractivity contribution in [2.45, 2.75) is 12.7 Å². The van der Waals surface area contributed by atoms with Crippen LogP contribution in [0.5, 0.6) is 0 Å². The topological polar surface area (TPSA) is 64.4 Å². The number of carbonyl (C=O) groups excluding carboxylic acids is 1. The maximum atomic E-state index is 13.4. The Morgan fingerprint density at radius 1 is 1.56 bits per heavy atom. The second-order valence-corrected chi connectivity index (χ2v) is 3.76. The number of ether oxygens (including phenoxy) is 1. The van der Waals surface area contributed by atoms with Crippen LogP contribution in [-0.4, -0.2) is 25.1 Å². The first-order chi connectivity index (χ1) is 7.66. The lowest BCUT2D eigenvalue weighted by Crippen LogP contribution is -2.48. The third-order valence-electron chi connectivity index (χ3n) is 2.55. The zero-order valence-electron chi connectivity index (χ0n) is 8.70. The maximum absolute atomic E-state index is 13.4. The van der Waals surface area contributed by atoms with E-state index in [-0.39, 0.29) is 18.5 Å². The van der Waals surface area contributed by atoms with Crippen molar-refractivity contribution in [3.63, 3.8) is 0 Å². The molecule has 0 bridgehead atoms. The van der Waals surface area contributed by atoms with Crippen LogP contribution in [0.2, 0.25) is 0 Å². The van der Waals surface area contributed by atoms with Crippen molar-refractivity contribution in [2.75, 3.05) is 13.1 Å². The van der Waals surface area contributed by atoms with Gasteiger partial charge in [-0.15, -0.1) is 0 Å². The molecule has 0 aromatic heterocycles. The summed E-state index contributed by atoms with van der Waals surface area (Å²) < 4.78 is 18.8. The van der Waals surface area contributed by atoms with Crippen LogP contribution in [0.25, 0.3) is 0 Å². The summed E-state index contributed by atoms with van der Waals surface area (Å²) in [5, 5.41) is 3.05. The molecule has 1 saturated heterocycles. The van der Waals surface area contributed by atoms with Gasteiger partial charge in [0.25, 0.3) is 0 Å². The van der Waals surface area contributed by atoms with E-state index >= 15 is 0 Å². The summed E-state index contributed by atoms with van der Waals surface area (Å²) in [6.07, 6.45) is 0.136. The number of benzene rings is 1. The fourth-order valence-corrected chi connectivity index (χ4v) is 1.43. The zero-order valence-corrected chi connectivity index (χ0v) is 8.70. The van der Waals surface area contributed by atoms with Crippen LogP contribution in [0.4, 0.5) is 4.39 Å². The van der Waals surface area contributed by atoms with E-state index in [9.17, 15) is 9.18 Å². The van der Waals surface area contributed by atoms with Gasteiger partial charge in [-0.2, -0.15) is 0 Å². The molecule has 1 aromatic rings. The molecule has 16 heavy (non-hydrogen) atoms. The Hall–Kier alpha value is -1.46. The fraction of sp³-hybridized carbons (Fsp3) is 0.364. The Morgan fingerprint density at radius 2 is 2.31 bits per heavy atom. The minimum Gasteiger partial charge on any atom is -0.371 e. The summed E-state index contributed by atoms with van der Waals surface area (Å²) in [6.45, 7) is 1.74. The average Bonchev–Trinajstić information content (AvgIpc) is 2.18. The average molecular weight is 224 g/mol. The molecule has 0 unspecified atom stereocenters. The number of nitrogens with one attached hydrogen (secondary N) is 1. The molecule has 1 fully saturated rings. The molecule has 0 radical (unpaired) electrons. The predicted molar refractivity (Wildman–Crippen MR) is 56.4 cm³/mol. The highest BCUT2D eigenvalue weighted by Gasteiger charge is 2.17. The van der Waals surface area contributed by atoms with Gasteiger partial charge in [-0.05, 0) is 18.2 Å². The second-order valence-electron chi connectivity index (χ2n) is 3.76. The summed E-state index contributed by atoms with van der Waals surface area (Å²) >= 11 is 0. The molecule has 0 aliphatic carbocycles. The standard InChI is InChI=1S/C11H13FN2O2/c12-10-2-1-7(11(13)15)3-8(10)6-16-9-4-14-5-9/h1-3,9,14H,4-6H2,(H2,13,15). The predicted octanol–water partition coefficient (Wildman–Crippen LogP) is 0.413. The minimum absolute atomic E-state index is 0.136. The van der Waals surface area contributed by atoms with Crippen LogP contribution in [0.1, 0.15) is 15.9 Å². The van der Waals surface area contributed by atoms with E-state index in [1.807, 2.05) is 0 Å². The Morgan fingerprint density at radius 3 is 2.88 bits per heavy atom.